The number of ether oxygens (including phenoxy) is 1. The smallest absolute Gasteiger partial charge is 0.213 e. The van der Waals surface area contributed by atoms with Crippen LogP contribution >= 0.6 is 24.0 Å². The molecule has 0 atom stereocenters. The van der Waals surface area contributed by atoms with Gasteiger partial charge in [-0.2, -0.15) is 0 Å². The number of hydrogen-bond acceptors (Lipinski definition) is 4. The van der Waals surface area contributed by atoms with Crippen LogP contribution in [0.4, 0.5) is 0 Å². The largest absolute Gasteiger partial charge is 0.477 e. The summed E-state index contributed by atoms with van der Waals surface area (Å²) in [5.41, 5.74) is 1.09. The van der Waals surface area contributed by atoms with Crippen molar-refractivity contribution in [3.05, 3.63) is 23.9 Å². The van der Waals surface area contributed by atoms with Crippen molar-refractivity contribution >= 4 is 29.9 Å². The van der Waals surface area contributed by atoms with E-state index in [1.54, 1.807) is 6.20 Å². The molecule has 3 rings (SSSR count). The number of aliphatic hydroxyl groups is 1. The molecular formula is C19H31IN4O2. The SMILES string of the molecule is CCNC(=NCc1ccnc(OCC2CC2)c1)NC1CCC(O)CC1.I. The number of aliphatic imine (C=N–C) groups is 1. The number of hydrogen-bond donors (Lipinski definition) is 3. The highest BCUT2D eigenvalue weighted by molar-refractivity contribution is 14.0. The summed E-state index contributed by atoms with van der Waals surface area (Å²) in [6.45, 7) is 4.26. The highest BCUT2D eigenvalue weighted by atomic mass is 127. The molecule has 1 aromatic rings. The predicted molar refractivity (Wildman–Crippen MR) is 114 cm³/mol. The van der Waals surface area contributed by atoms with E-state index in [1.807, 2.05) is 12.1 Å². The Morgan fingerprint density at radius 2 is 2.04 bits per heavy atom. The highest BCUT2D eigenvalue weighted by Gasteiger charge is 2.22. The summed E-state index contributed by atoms with van der Waals surface area (Å²) in [7, 11) is 0. The third-order valence-electron chi connectivity index (χ3n) is 4.76. The van der Waals surface area contributed by atoms with Crippen molar-refractivity contribution in [1.82, 2.24) is 15.6 Å². The first-order valence-electron chi connectivity index (χ1n) is 9.53. The van der Waals surface area contributed by atoms with Crippen LogP contribution in [0.2, 0.25) is 0 Å². The maximum atomic E-state index is 9.63. The first-order valence-corrected chi connectivity index (χ1v) is 9.53. The van der Waals surface area contributed by atoms with Gasteiger partial charge in [-0.15, -0.1) is 24.0 Å². The Kier molecular flexibility index (Phi) is 8.90. The van der Waals surface area contributed by atoms with Gasteiger partial charge in [0.05, 0.1) is 19.3 Å². The molecule has 2 aliphatic rings. The van der Waals surface area contributed by atoms with E-state index in [9.17, 15) is 5.11 Å². The number of halogens is 1. The third-order valence-corrected chi connectivity index (χ3v) is 4.76. The van der Waals surface area contributed by atoms with Crippen molar-refractivity contribution in [1.29, 1.82) is 0 Å². The summed E-state index contributed by atoms with van der Waals surface area (Å²) in [6, 6.07) is 4.34. The molecule has 7 heteroatoms. The van der Waals surface area contributed by atoms with E-state index in [0.717, 1.165) is 56.3 Å². The van der Waals surface area contributed by atoms with Crippen LogP contribution in [0.3, 0.4) is 0 Å². The lowest BCUT2D eigenvalue weighted by Crippen LogP contribution is -2.45. The van der Waals surface area contributed by atoms with Gasteiger partial charge in [-0.25, -0.2) is 9.98 Å². The van der Waals surface area contributed by atoms with E-state index in [1.165, 1.54) is 12.8 Å². The molecule has 0 amide bonds. The van der Waals surface area contributed by atoms with Gasteiger partial charge in [0.1, 0.15) is 0 Å². The topological polar surface area (TPSA) is 78.8 Å². The molecule has 2 aliphatic carbocycles. The number of guanidine groups is 1. The molecule has 6 nitrogen and oxygen atoms in total. The number of nitrogens with zero attached hydrogens (tertiary/aromatic N) is 2. The summed E-state index contributed by atoms with van der Waals surface area (Å²) in [5.74, 6) is 2.25. The number of aliphatic hydroxyl groups excluding tert-OH is 1. The van der Waals surface area contributed by atoms with Gasteiger partial charge >= 0.3 is 0 Å². The Hall–Kier alpha value is -1.09. The summed E-state index contributed by atoms with van der Waals surface area (Å²) in [4.78, 5) is 8.97. The zero-order valence-corrected chi connectivity index (χ0v) is 17.8. The van der Waals surface area contributed by atoms with Crippen LogP contribution in [0.1, 0.15) is 51.0 Å². The molecule has 0 unspecified atom stereocenters. The Bertz CT molecular complexity index is 572. The zero-order valence-electron chi connectivity index (χ0n) is 15.5. The average molecular weight is 474 g/mol. The van der Waals surface area contributed by atoms with Gasteiger partial charge < -0.3 is 20.5 Å². The van der Waals surface area contributed by atoms with Crippen LogP contribution in [-0.2, 0) is 6.54 Å². The minimum absolute atomic E-state index is 0. The number of nitrogens with one attached hydrogen (secondary N) is 2. The first kappa shape index (κ1) is 21.2. The van der Waals surface area contributed by atoms with E-state index >= 15 is 0 Å². The molecular weight excluding hydrogens is 443 g/mol. The fraction of sp³-hybridized carbons (Fsp3) is 0.684. The second-order valence-electron chi connectivity index (χ2n) is 7.10. The fourth-order valence-electron chi connectivity index (χ4n) is 3.02. The van der Waals surface area contributed by atoms with Gasteiger partial charge in [0.15, 0.2) is 5.96 Å². The molecule has 0 spiro atoms. The lowest BCUT2D eigenvalue weighted by molar-refractivity contribution is 0.120. The molecule has 0 aromatic carbocycles. The quantitative estimate of drug-likeness (QED) is 0.322. The van der Waals surface area contributed by atoms with Crippen molar-refractivity contribution in [3.63, 3.8) is 0 Å². The van der Waals surface area contributed by atoms with Crippen LogP contribution in [0.5, 0.6) is 5.88 Å². The lowest BCUT2D eigenvalue weighted by atomic mass is 9.93. The molecule has 3 N–H and O–H groups in total. The number of aromatic nitrogens is 1. The maximum absolute atomic E-state index is 9.63. The predicted octanol–water partition coefficient (Wildman–Crippen LogP) is 2.85. The van der Waals surface area contributed by atoms with Crippen LogP contribution < -0.4 is 15.4 Å². The minimum atomic E-state index is -0.136. The summed E-state index contributed by atoms with van der Waals surface area (Å²) >= 11 is 0. The van der Waals surface area contributed by atoms with Crippen LogP contribution in [0, 0.1) is 5.92 Å². The maximum Gasteiger partial charge on any atom is 0.213 e. The third kappa shape index (κ3) is 7.26. The minimum Gasteiger partial charge on any atom is -0.477 e. The molecule has 26 heavy (non-hydrogen) atoms. The molecule has 2 saturated carbocycles. The van der Waals surface area contributed by atoms with Crippen LogP contribution in [0.15, 0.2) is 23.3 Å². The molecule has 1 heterocycles. The zero-order chi connectivity index (χ0) is 17.5. The van der Waals surface area contributed by atoms with Crippen molar-refractivity contribution < 1.29 is 9.84 Å². The fourth-order valence-corrected chi connectivity index (χ4v) is 3.02. The van der Waals surface area contributed by atoms with Gasteiger partial charge in [-0.1, -0.05) is 0 Å². The van der Waals surface area contributed by atoms with E-state index < -0.39 is 0 Å². The molecule has 146 valence electrons. The molecule has 0 radical (unpaired) electrons. The van der Waals surface area contributed by atoms with Crippen molar-refractivity contribution in [2.75, 3.05) is 13.2 Å². The average Bonchev–Trinajstić information content (AvgIpc) is 3.45. The molecule has 2 fully saturated rings. The van der Waals surface area contributed by atoms with Crippen LogP contribution in [-0.4, -0.2) is 41.3 Å². The molecule has 1 aromatic heterocycles. The van der Waals surface area contributed by atoms with Crippen molar-refractivity contribution in [2.45, 2.75) is 64.1 Å². The van der Waals surface area contributed by atoms with Crippen molar-refractivity contribution in [3.8, 4) is 5.88 Å². The standard InChI is InChI=1S/C19H30N4O2.HI/c1-2-20-19(23-16-5-7-17(24)8-6-16)22-12-15-9-10-21-18(11-15)25-13-14-3-4-14;/h9-11,14,16-17,24H,2-8,12-13H2,1H3,(H2,20,22,23);1H. The lowest BCUT2D eigenvalue weighted by Gasteiger charge is -2.27. The van der Waals surface area contributed by atoms with E-state index in [-0.39, 0.29) is 30.1 Å². The Morgan fingerprint density at radius 3 is 2.73 bits per heavy atom. The first-order chi connectivity index (χ1) is 12.2. The Labute approximate surface area is 173 Å². The van der Waals surface area contributed by atoms with Crippen molar-refractivity contribution in [2.24, 2.45) is 10.9 Å². The second kappa shape index (κ2) is 10.9. The van der Waals surface area contributed by atoms with E-state index in [4.69, 9.17) is 9.73 Å². The van der Waals surface area contributed by atoms with Crippen LogP contribution in [0.25, 0.3) is 0 Å². The summed E-state index contributed by atoms with van der Waals surface area (Å²) < 4.78 is 5.74. The van der Waals surface area contributed by atoms with Gasteiger partial charge in [0.2, 0.25) is 5.88 Å². The normalized spacial score (nSPS) is 23.1. The summed E-state index contributed by atoms with van der Waals surface area (Å²) in [5, 5.41) is 16.4. The molecule has 0 bridgehead atoms. The van der Waals surface area contributed by atoms with Gasteiger partial charge in [-0.05, 0) is 63.0 Å². The molecule has 0 aliphatic heterocycles. The van der Waals surface area contributed by atoms with E-state index in [0.29, 0.717) is 18.5 Å². The Balaban J connectivity index is 0.00000243. The monoisotopic (exact) mass is 474 g/mol. The molecule has 0 saturated heterocycles. The van der Waals surface area contributed by atoms with Gasteiger partial charge in [0.25, 0.3) is 0 Å². The number of rotatable bonds is 7. The second-order valence-corrected chi connectivity index (χ2v) is 7.10. The highest BCUT2D eigenvalue weighted by Crippen LogP contribution is 2.29. The Morgan fingerprint density at radius 1 is 1.27 bits per heavy atom. The van der Waals surface area contributed by atoms with Gasteiger partial charge in [-0.3, -0.25) is 0 Å². The van der Waals surface area contributed by atoms with Gasteiger partial charge in [0, 0.05) is 24.8 Å². The van der Waals surface area contributed by atoms with E-state index in [2.05, 4.69) is 22.5 Å². The number of pyridine rings is 1. The summed E-state index contributed by atoms with van der Waals surface area (Å²) in [6.07, 6.45) is 7.91.